The van der Waals surface area contributed by atoms with E-state index in [4.69, 9.17) is 9.05 Å². The molecule has 0 aliphatic carbocycles. The van der Waals surface area contributed by atoms with Crippen LogP contribution in [0, 0.1) is 0 Å². The first kappa shape index (κ1) is 26.8. The van der Waals surface area contributed by atoms with Gasteiger partial charge in [-0.15, -0.1) is 0 Å². The van der Waals surface area contributed by atoms with Crippen molar-refractivity contribution in [2.45, 2.75) is 105 Å². The van der Waals surface area contributed by atoms with Crippen LogP contribution in [0.2, 0.25) is 0 Å². The Labute approximate surface area is 149 Å². The maximum atomic E-state index is 9.89. The van der Waals surface area contributed by atoms with Crippen LogP contribution in [-0.2, 0) is 9.05 Å². The summed E-state index contributed by atoms with van der Waals surface area (Å²) in [6, 6.07) is 0. The van der Waals surface area contributed by atoms with Gasteiger partial charge in [-0.05, 0) is 41.5 Å². The number of rotatable bonds is 2. The molecule has 6 nitrogen and oxygen atoms in total. The molecule has 0 aliphatic heterocycles. The van der Waals surface area contributed by atoms with E-state index in [-0.39, 0.29) is 11.2 Å². The third-order valence-electron chi connectivity index (χ3n) is 3.17. The molecule has 0 spiro atoms. The van der Waals surface area contributed by atoms with Crippen molar-refractivity contribution in [1.82, 2.24) is 0 Å². The maximum absolute atomic E-state index is 9.89. The van der Waals surface area contributed by atoms with Crippen molar-refractivity contribution in [3.63, 3.8) is 0 Å². The Morgan fingerprint density at radius 1 is 0.583 bits per heavy atom. The Hall–Kier alpha value is 0.620. The molecule has 0 aromatic rings. The molecule has 150 valence electrons. The third-order valence-corrected chi connectivity index (χ3v) is 9.52. The zero-order valence-electron chi connectivity index (χ0n) is 17.5. The molecule has 0 radical (unpaired) electrons. The van der Waals surface area contributed by atoms with Crippen LogP contribution < -0.4 is 0 Å². The van der Waals surface area contributed by atoms with Crippen LogP contribution in [0.25, 0.3) is 0 Å². The second-order valence-electron chi connectivity index (χ2n) is 9.97. The molecule has 0 rings (SSSR count). The summed E-state index contributed by atoms with van der Waals surface area (Å²) in [5, 5.41) is -1.77. The first-order valence-electron chi connectivity index (χ1n) is 8.02. The molecule has 0 aliphatic rings. The molecule has 0 fully saturated rings. The first-order chi connectivity index (χ1) is 9.89. The van der Waals surface area contributed by atoms with Crippen LogP contribution in [0.3, 0.4) is 0 Å². The van der Waals surface area contributed by atoms with Gasteiger partial charge in [0.15, 0.2) is 0 Å². The number of hydrogen-bond acceptors (Lipinski definition) is 6. The molecule has 0 aromatic carbocycles. The summed E-state index contributed by atoms with van der Waals surface area (Å²) in [6.07, 6.45) is 0. The molecule has 0 bridgehead atoms. The van der Waals surface area contributed by atoms with Gasteiger partial charge in [0.05, 0.1) is 11.2 Å². The topological polar surface area (TPSA) is 99.4 Å². The summed E-state index contributed by atoms with van der Waals surface area (Å²) in [5.41, 5.74) is -0.711. The van der Waals surface area contributed by atoms with Crippen molar-refractivity contribution in [3.8, 4) is 0 Å². The predicted molar refractivity (Wildman–Crippen MR) is 104 cm³/mol. The van der Waals surface area contributed by atoms with E-state index in [1.54, 1.807) is 41.5 Å². The quantitative estimate of drug-likeness (QED) is 0.510. The summed E-state index contributed by atoms with van der Waals surface area (Å²) < 4.78 is 10.4. The van der Waals surface area contributed by atoms with Gasteiger partial charge >= 0.3 is 82.4 Å². The third kappa shape index (κ3) is 8.82. The van der Waals surface area contributed by atoms with Crippen LogP contribution in [-0.4, -0.2) is 41.1 Å². The van der Waals surface area contributed by atoms with Gasteiger partial charge in [-0.3, -0.25) is 0 Å². The van der Waals surface area contributed by atoms with Gasteiger partial charge < -0.3 is 13.9 Å². The second kappa shape index (κ2) is 7.70. The SMILES string of the molecule is CC(C)(C)OP(O)OC(C)(C)C.CC(C)(C)P(O)(O)(O)C(C)(C)C. The molecule has 0 saturated heterocycles. The monoisotopic (exact) mass is 390 g/mol. The van der Waals surface area contributed by atoms with Crippen molar-refractivity contribution >= 4 is 15.9 Å². The standard InChI is InChI=1S/C8H21O3P.C8H19O3P/c1-7(2,3)12(9,10,11)8(4,5)6;1-7(2,3)10-12(9)11-8(4,5)6/h9-11H,1-6H3;9H,1-6H3. The van der Waals surface area contributed by atoms with Crippen molar-refractivity contribution < 1.29 is 28.6 Å². The van der Waals surface area contributed by atoms with E-state index >= 15 is 0 Å². The van der Waals surface area contributed by atoms with Gasteiger partial charge in [0.25, 0.3) is 0 Å². The van der Waals surface area contributed by atoms with E-state index in [1.807, 2.05) is 41.5 Å². The molecule has 24 heavy (non-hydrogen) atoms. The van der Waals surface area contributed by atoms with Crippen molar-refractivity contribution in [2.75, 3.05) is 0 Å². The average Bonchev–Trinajstić information content (AvgIpc) is 2.05. The normalized spacial score (nSPS) is 16.3. The molecule has 8 heteroatoms. The molecule has 0 amide bonds. The summed E-state index contributed by atoms with van der Waals surface area (Å²) in [7, 11) is -6.34. The van der Waals surface area contributed by atoms with E-state index < -0.39 is 26.2 Å². The summed E-state index contributed by atoms with van der Waals surface area (Å²) in [6.45, 7) is 21.1. The van der Waals surface area contributed by atoms with Gasteiger partial charge in [0.1, 0.15) is 0 Å². The molecule has 0 unspecified atom stereocenters. The Balaban J connectivity index is 0. The van der Waals surface area contributed by atoms with Gasteiger partial charge in [-0.2, -0.15) is 0 Å². The van der Waals surface area contributed by atoms with Crippen LogP contribution in [0.4, 0.5) is 0 Å². The van der Waals surface area contributed by atoms with Gasteiger partial charge in [-0.1, -0.05) is 0 Å². The van der Waals surface area contributed by atoms with Crippen LogP contribution in [0.15, 0.2) is 0 Å². The summed E-state index contributed by atoms with van der Waals surface area (Å²) >= 11 is 0. The Morgan fingerprint density at radius 3 is 0.875 bits per heavy atom. The fraction of sp³-hybridized carbons (Fsp3) is 1.00. The molecular formula is C16H40O6P2. The molecule has 4 N–H and O–H groups in total. The zero-order chi connectivity index (χ0) is 20.4. The first-order valence-corrected chi connectivity index (χ1v) is 11.2. The fourth-order valence-corrected chi connectivity index (χ4v) is 4.48. The Bertz CT molecular complexity index is 354. The average molecular weight is 390 g/mol. The van der Waals surface area contributed by atoms with E-state index in [9.17, 15) is 19.6 Å². The van der Waals surface area contributed by atoms with Gasteiger partial charge in [0.2, 0.25) is 0 Å². The van der Waals surface area contributed by atoms with E-state index in [0.717, 1.165) is 0 Å². The van der Waals surface area contributed by atoms with Crippen LogP contribution in [0.1, 0.15) is 83.1 Å². The molecule has 0 heterocycles. The minimum absolute atomic E-state index is 0.355. The summed E-state index contributed by atoms with van der Waals surface area (Å²) in [4.78, 5) is 39.0. The van der Waals surface area contributed by atoms with Crippen LogP contribution >= 0.6 is 15.9 Å². The van der Waals surface area contributed by atoms with E-state index in [0.29, 0.717) is 0 Å². The molecule has 0 atom stereocenters. The number of hydrogen-bond donors (Lipinski definition) is 4. The fourth-order valence-electron chi connectivity index (χ4n) is 1.49. The zero-order valence-corrected chi connectivity index (χ0v) is 19.3. The van der Waals surface area contributed by atoms with Crippen molar-refractivity contribution in [1.29, 1.82) is 0 Å². The van der Waals surface area contributed by atoms with Crippen molar-refractivity contribution in [3.05, 3.63) is 0 Å². The predicted octanol–water partition coefficient (Wildman–Crippen LogP) is 4.69. The van der Waals surface area contributed by atoms with Gasteiger partial charge in [-0.25, -0.2) is 0 Å². The molecular weight excluding hydrogens is 350 g/mol. The Morgan fingerprint density at radius 2 is 0.792 bits per heavy atom. The minimum atomic E-state index is -4.58. The molecule has 0 aromatic heterocycles. The van der Waals surface area contributed by atoms with Gasteiger partial charge in [0, 0.05) is 0 Å². The van der Waals surface area contributed by atoms with Crippen molar-refractivity contribution in [2.24, 2.45) is 0 Å². The van der Waals surface area contributed by atoms with E-state index in [2.05, 4.69) is 0 Å². The van der Waals surface area contributed by atoms with Crippen LogP contribution in [0.5, 0.6) is 0 Å². The summed E-state index contributed by atoms with van der Waals surface area (Å²) in [5.74, 6) is 0. The van der Waals surface area contributed by atoms with E-state index in [1.165, 1.54) is 0 Å². The Kier molecular flexibility index (Phi) is 8.61. The molecule has 0 saturated carbocycles. The second-order valence-corrected chi connectivity index (χ2v) is 15.5.